The summed E-state index contributed by atoms with van der Waals surface area (Å²) < 4.78 is 10.3. The summed E-state index contributed by atoms with van der Waals surface area (Å²) in [6, 6.07) is 7.98. The monoisotopic (exact) mass is 360 g/mol. The number of likely N-dealkylation sites (tertiary alicyclic amines) is 1. The van der Waals surface area contributed by atoms with Crippen LogP contribution < -0.4 is 4.74 Å². The Kier molecular flexibility index (Phi) is 6.04. The van der Waals surface area contributed by atoms with Crippen LogP contribution in [0.3, 0.4) is 0 Å². The van der Waals surface area contributed by atoms with Crippen LogP contribution in [-0.4, -0.2) is 42.7 Å². The molecule has 0 radical (unpaired) electrons. The Balaban J connectivity index is 1.54. The van der Waals surface area contributed by atoms with E-state index in [1.807, 2.05) is 31.2 Å². The SMILES string of the molecule is CCOC(=O)C1CCN(Cc2csc(-c3ccc(OC)cc3)n2)CC1. The smallest absolute Gasteiger partial charge is 0.309 e. The molecule has 6 heteroatoms. The minimum absolute atomic E-state index is 0.0439. The number of esters is 1. The van der Waals surface area contributed by atoms with E-state index >= 15 is 0 Å². The number of carbonyl (C=O) groups is 1. The Morgan fingerprint density at radius 2 is 2.00 bits per heavy atom. The lowest BCUT2D eigenvalue weighted by Gasteiger charge is -2.30. The zero-order chi connectivity index (χ0) is 17.6. The zero-order valence-corrected chi connectivity index (χ0v) is 15.6. The number of thiazole rings is 1. The highest BCUT2D eigenvalue weighted by atomic mass is 32.1. The van der Waals surface area contributed by atoms with Crippen molar-refractivity contribution in [2.24, 2.45) is 5.92 Å². The Hall–Kier alpha value is -1.92. The first-order valence-electron chi connectivity index (χ1n) is 8.67. The van der Waals surface area contributed by atoms with Crippen LogP contribution in [0.5, 0.6) is 5.75 Å². The molecular formula is C19H24N2O3S. The molecule has 0 amide bonds. The third-order valence-electron chi connectivity index (χ3n) is 4.48. The van der Waals surface area contributed by atoms with Gasteiger partial charge in [-0.25, -0.2) is 4.98 Å². The van der Waals surface area contributed by atoms with E-state index in [1.165, 1.54) is 0 Å². The van der Waals surface area contributed by atoms with E-state index in [-0.39, 0.29) is 11.9 Å². The second kappa shape index (κ2) is 8.45. The Bertz CT molecular complexity index is 691. The van der Waals surface area contributed by atoms with E-state index in [0.29, 0.717) is 6.61 Å². The molecule has 1 aromatic carbocycles. The first-order chi connectivity index (χ1) is 12.2. The molecular weight excluding hydrogens is 336 g/mol. The van der Waals surface area contributed by atoms with Crippen LogP contribution >= 0.6 is 11.3 Å². The molecule has 25 heavy (non-hydrogen) atoms. The quantitative estimate of drug-likeness (QED) is 0.737. The molecule has 2 heterocycles. The molecule has 134 valence electrons. The van der Waals surface area contributed by atoms with Crippen LogP contribution in [0.4, 0.5) is 0 Å². The second-order valence-electron chi connectivity index (χ2n) is 6.17. The highest BCUT2D eigenvalue weighted by molar-refractivity contribution is 7.13. The van der Waals surface area contributed by atoms with Crippen LogP contribution in [0.1, 0.15) is 25.5 Å². The molecule has 3 rings (SSSR count). The predicted octanol–water partition coefficient (Wildman–Crippen LogP) is 3.59. The van der Waals surface area contributed by atoms with Gasteiger partial charge in [0.25, 0.3) is 0 Å². The fourth-order valence-electron chi connectivity index (χ4n) is 3.06. The number of hydrogen-bond donors (Lipinski definition) is 0. The molecule has 0 N–H and O–H groups in total. The molecule has 1 saturated heterocycles. The van der Waals surface area contributed by atoms with E-state index in [0.717, 1.165) is 54.5 Å². The first-order valence-corrected chi connectivity index (χ1v) is 9.55. The number of methoxy groups -OCH3 is 1. The third-order valence-corrected chi connectivity index (χ3v) is 5.42. The van der Waals surface area contributed by atoms with Gasteiger partial charge in [0.2, 0.25) is 0 Å². The molecule has 5 nitrogen and oxygen atoms in total. The molecule has 0 aliphatic carbocycles. The summed E-state index contributed by atoms with van der Waals surface area (Å²) in [5, 5.41) is 3.15. The summed E-state index contributed by atoms with van der Waals surface area (Å²) in [5.41, 5.74) is 2.20. The molecule has 0 saturated carbocycles. The lowest BCUT2D eigenvalue weighted by atomic mass is 9.97. The van der Waals surface area contributed by atoms with Gasteiger partial charge in [-0.2, -0.15) is 0 Å². The van der Waals surface area contributed by atoms with Crippen molar-refractivity contribution < 1.29 is 14.3 Å². The van der Waals surface area contributed by atoms with Crippen molar-refractivity contribution in [3.63, 3.8) is 0 Å². The van der Waals surface area contributed by atoms with Gasteiger partial charge in [-0.1, -0.05) is 0 Å². The van der Waals surface area contributed by atoms with Crippen LogP contribution in [0.25, 0.3) is 10.6 Å². The van der Waals surface area contributed by atoms with Crippen molar-refractivity contribution >= 4 is 17.3 Å². The maximum atomic E-state index is 11.8. The van der Waals surface area contributed by atoms with Gasteiger partial charge in [0.15, 0.2) is 0 Å². The molecule has 1 aliphatic rings. The summed E-state index contributed by atoms with van der Waals surface area (Å²) in [4.78, 5) is 18.9. The van der Waals surface area contributed by atoms with Gasteiger partial charge in [-0.05, 0) is 57.1 Å². The van der Waals surface area contributed by atoms with Crippen molar-refractivity contribution in [1.29, 1.82) is 0 Å². The summed E-state index contributed by atoms with van der Waals surface area (Å²) in [6.07, 6.45) is 1.74. The minimum atomic E-state index is -0.0439. The average molecular weight is 360 g/mol. The summed E-state index contributed by atoms with van der Waals surface area (Å²) >= 11 is 1.66. The fourth-order valence-corrected chi connectivity index (χ4v) is 3.88. The van der Waals surface area contributed by atoms with Gasteiger partial charge in [-0.3, -0.25) is 9.69 Å². The van der Waals surface area contributed by atoms with Crippen molar-refractivity contribution in [3.05, 3.63) is 35.3 Å². The van der Waals surface area contributed by atoms with Gasteiger partial charge in [0.05, 0.1) is 25.3 Å². The van der Waals surface area contributed by atoms with E-state index in [2.05, 4.69) is 10.3 Å². The molecule has 1 aromatic heterocycles. The van der Waals surface area contributed by atoms with Gasteiger partial charge >= 0.3 is 5.97 Å². The molecule has 1 aliphatic heterocycles. The highest BCUT2D eigenvalue weighted by Crippen LogP contribution is 2.27. The van der Waals surface area contributed by atoms with Gasteiger partial charge in [0, 0.05) is 17.5 Å². The van der Waals surface area contributed by atoms with Crippen molar-refractivity contribution in [3.8, 4) is 16.3 Å². The predicted molar refractivity (Wildman–Crippen MR) is 98.7 cm³/mol. The largest absolute Gasteiger partial charge is 0.497 e. The minimum Gasteiger partial charge on any atom is -0.497 e. The Morgan fingerprint density at radius 3 is 2.64 bits per heavy atom. The third kappa shape index (κ3) is 4.58. The van der Waals surface area contributed by atoms with E-state index in [9.17, 15) is 4.79 Å². The van der Waals surface area contributed by atoms with Crippen LogP contribution in [0, 0.1) is 5.92 Å². The molecule has 0 bridgehead atoms. The number of ether oxygens (including phenoxy) is 2. The van der Waals surface area contributed by atoms with Crippen LogP contribution in [0.2, 0.25) is 0 Å². The normalized spacial score (nSPS) is 15.9. The van der Waals surface area contributed by atoms with E-state index in [1.54, 1.807) is 18.4 Å². The second-order valence-corrected chi connectivity index (χ2v) is 7.03. The van der Waals surface area contributed by atoms with Crippen LogP contribution in [0.15, 0.2) is 29.6 Å². The van der Waals surface area contributed by atoms with E-state index in [4.69, 9.17) is 14.5 Å². The number of aromatic nitrogens is 1. The highest BCUT2D eigenvalue weighted by Gasteiger charge is 2.26. The maximum absolute atomic E-state index is 11.8. The van der Waals surface area contributed by atoms with E-state index < -0.39 is 0 Å². The number of benzene rings is 1. The number of piperidine rings is 1. The topological polar surface area (TPSA) is 51.7 Å². The van der Waals surface area contributed by atoms with Gasteiger partial charge in [0.1, 0.15) is 10.8 Å². The fraction of sp³-hybridized carbons (Fsp3) is 0.474. The molecule has 2 aromatic rings. The van der Waals surface area contributed by atoms with Crippen LogP contribution in [-0.2, 0) is 16.1 Å². The number of rotatable bonds is 6. The maximum Gasteiger partial charge on any atom is 0.309 e. The zero-order valence-electron chi connectivity index (χ0n) is 14.7. The molecule has 0 spiro atoms. The van der Waals surface area contributed by atoms with Crippen molar-refractivity contribution in [1.82, 2.24) is 9.88 Å². The van der Waals surface area contributed by atoms with Crippen molar-refractivity contribution in [2.75, 3.05) is 26.8 Å². The summed E-state index contributed by atoms with van der Waals surface area (Å²) in [7, 11) is 1.67. The summed E-state index contributed by atoms with van der Waals surface area (Å²) in [6.45, 7) is 4.99. The standard InChI is InChI=1S/C19H24N2O3S/c1-3-24-19(22)15-8-10-21(11-9-15)12-16-13-25-18(20-16)14-4-6-17(23-2)7-5-14/h4-7,13,15H,3,8-12H2,1-2H3. The molecule has 0 unspecified atom stereocenters. The number of carbonyl (C=O) groups excluding carboxylic acids is 1. The Morgan fingerprint density at radius 1 is 1.28 bits per heavy atom. The first kappa shape index (κ1) is 17.9. The number of hydrogen-bond acceptors (Lipinski definition) is 6. The molecule has 0 atom stereocenters. The molecule has 1 fully saturated rings. The van der Waals surface area contributed by atoms with Gasteiger partial charge < -0.3 is 9.47 Å². The average Bonchev–Trinajstić information content (AvgIpc) is 3.11. The Labute approximate surface area is 152 Å². The lowest BCUT2D eigenvalue weighted by Crippen LogP contribution is -2.36. The van der Waals surface area contributed by atoms with Crippen molar-refractivity contribution in [2.45, 2.75) is 26.3 Å². The van der Waals surface area contributed by atoms with Gasteiger partial charge in [-0.15, -0.1) is 11.3 Å². The number of nitrogens with zero attached hydrogens (tertiary/aromatic N) is 2. The lowest BCUT2D eigenvalue weighted by molar-refractivity contribution is -0.149. The summed E-state index contributed by atoms with van der Waals surface area (Å²) in [5.74, 6) is 0.865.